The van der Waals surface area contributed by atoms with Gasteiger partial charge in [-0.2, -0.15) is 5.10 Å². The van der Waals surface area contributed by atoms with E-state index in [4.69, 9.17) is 4.74 Å². The first kappa shape index (κ1) is 19.0. The van der Waals surface area contributed by atoms with Crippen molar-refractivity contribution in [2.24, 2.45) is 10.2 Å². The average molecular weight is 382 g/mol. The largest absolute Gasteiger partial charge is 0.497 e. The van der Waals surface area contributed by atoms with E-state index in [1.807, 2.05) is 67.5 Å². The van der Waals surface area contributed by atoms with E-state index in [0.717, 1.165) is 22.6 Å². The SMILES string of the molecule is COc1ccc(C[C@H]2S/C(=N/N=C\c3ccc(N(C)C)cc3)NC2=O)cc1. The molecule has 1 N–H and O–H groups in total. The Kier molecular flexibility index (Phi) is 6.13. The first-order valence-corrected chi connectivity index (χ1v) is 9.42. The monoisotopic (exact) mass is 382 g/mol. The molecule has 0 unspecified atom stereocenters. The first-order valence-electron chi connectivity index (χ1n) is 8.54. The lowest BCUT2D eigenvalue weighted by molar-refractivity contribution is -0.118. The van der Waals surface area contributed by atoms with Gasteiger partial charge in [0.05, 0.1) is 18.6 Å². The number of hydrogen-bond donors (Lipinski definition) is 1. The molecule has 27 heavy (non-hydrogen) atoms. The van der Waals surface area contributed by atoms with E-state index in [1.54, 1.807) is 13.3 Å². The van der Waals surface area contributed by atoms with Crippen LogP contribution in [-0.4, -0.2) is 43.7 Å². The van der Waals surface area contributed by atoms with Crippen molar-refractivity contribution in [2.45, 2.75) is 11.7 Å². The fourth-order valence-corrected chi connectivity index (χ4v) is 3.53. The molecule has 0 bridgehead atoms. The van der Waals surface area contributed by atoms with Gasteiger partial charge in [-0.3, -0.25) is 4.79 Å². The smallest absolute Gasteiger partial charge is 0.239 e. The van der Waals surface area contributed by atoms with Crippen LogP contribution in [0.5, 0.6) is 5.75 Å². The van der Waals surface area contributed by atoms with Crippen molar-refractivity contribution in [3.63, 3.8) is 0 Å². The minimum Gasteiger partial charge on any atom is -0.497 e. The molecular weight excluding hydrogens is 360 g/mol. The summed E-state index contributed by atoms with van der Waals surface area (Å²) < 4.78 is 5.15. The molecule has 1 heterocycles. The summed E-state index contributed by atoms with van der Waals surface area (Å²) in [7, 11) is 5.63. The number of hydrogen-bond acceptors (Lipinski definition) is 6. The molecule has 0 aromatic heterocycles. The molecule has 1 aliphatic heterocycles. The van der Waals surface area contributed by atoms with Crippen molar-refractivity contribution in [3.8, 4) is 5.75 Å². The number of carbonyl (C=O) groups excluding carboxylic acids is 1. The minimum atomic E-state index is -0.202. The topological polar surface area (TPSA) is 66.3 Å². The normalized spacial score (nSPS) is 18.1. The molecule has 2 aromatic rings. The predicted octanol–water partition coefficient (Wildman–Crippen LogP) is 2.93. The van der Waals surface area contributed by atoms with Gasteiger partial charge in [0.25, 0.3) is 0 Å². The molecule has 0 spiro atoms. The van der Waals surface area contributed by atoms with Gasteiger partial charge in [0.1, 0.15) is 5.75 Å². The number of anilines is 1. The van der Waals surface area contributed by atoms with Crippen LogP contribution in [0.4, 0.5) is 5.69 Å². The summed E-state index contributed by atoms with van der Waals surface area (Å²) in [5.74, 6) is 0.762. The van der Waals surface area contributed by atoms with Crippen LogP contribution in [0.25, 0.3) is 0 Å². The molecule has 6 nitrogen and oxygen atoms in total. The number of rotatable bonds is 6. The number of carbonyl (C=O) groups is 1. The zero-order chi connectivity index (χ0) is 19.2. The van der Waals surface area contributed by atoms with Crippen LogP contribution in [0.1, 0.15) is 11.1 Å². The van der Waals surface area contributed by atoms with E-state index in [2.05, 4.69) is 15.5 Å². The second-order valence-electron chi connectivity index (χ2n) is 6.28. The number of amides is 1. The lowest BCUT2D eigenvalue weighted by Gasteiger charge is -2.11. The standard InChI is InChI=1S/C20H22N4O2S/c1-24(2)16-8-4-15(5-9-16)13-21-23-20-22-19(25)18(27-20)12-14-6-10-17(26-3)11-7-14/h4-11,13,18H,12H2,1-3H3,(H,22,23,25)/b21-13-/t18-/m1/s1. The molecule has 0 saturated carbocycles. The number of ether oxygens (including phenoxy) is 1. The van der Waals surface area contributed by atoms with Gasteiger partial charge < -0.3 is 15.0 Å². The third-order valence-electron chi connectivity index (χ3n) is 4.12. The van der Waals surface area contributed by atoms with Gasteiger partial charge in [-0.1, -0.05) is 36.0 Å². The van der Waals surface area contributed by atoms with Crippen molar-refractivity contribution in [3.05, 3.63) is 59.7 Å². The summed E-state index contributed by atoms with van der Waals surface area (Å²) in [6.07, 6.45) is 2.31. The molecule has 3 rings (SSSR count). The highest BCUT2D eigenvalue weighted by Gasteiger charge is 2.30. The van der Waals surface area contributed by atoms with Gasteiger partial charge in [-0.05, 0) is 41.8 Å². The molecule has 7 heteroatoms. The van der Waals surface area contributed by atoms with Gasteiger partial charge >= 0.3 is 0 Å². The van der Waals surface area contributed by atoms with E-state index in [9.17, 15) is 4.79 Å². The van der Waals surface area contributed by atoms with Crippen LogP contribution >= 0.6 is 11.8 Å². The summed E-state index contributed by atoms with van der Waals surface area (Å²) >= 11 is 1.40. The van der Waals surface area contributed by atoms with Crippen molar-refractivity contribution in [1.29, 1.82) is 0 Å². The fourth-order valence-electron chi connectivity index (χ4n) is 2.57. The molecule has 1 saturated heterocycles. The van der Waals surface area contributed by atoms with E-state index < -0.39 is 0 Å². The lowest BCUT2D eigenvalue weighted by atomic mass is 10.1. The zero-order valence-corrected chi connectivity index (χ0v) is 16.4. The fraction of sp³-hybridized carbons (Fsp3) is 0.250. The summed E-state index contributed by atoms with van der Waals surface area (Å²) in [5, 5.41) is 11.3. The summed E-state index contributed by atoms with van der Waals surface area (Å²) in [4.78, 5) is 14.2. The van der Waals surface area contributed by atoms with Crippen LogP contribution in [0.2, 0.25) is 0 Å². The van der Waals surface area contributed by atoms with Crippen LogP contribution < -0.4 is 15.0 Å². The van der Waals surface area contributed by atoms with E-state index in [1.165, 1.54) is 11.8 Å². The first-order chi connectivity index (χ1) is 13.0. The number of nitrogens with zero attached hydrogens (tertiary/aromatic N) is 3. The molecule has 1 amide bonds. The van der Waals surface area contributed by atoms with E-state index >= 15 is 0 Å². The maximum atomic E-state index is 12.2. The van der Waals surface area contributed by atoms with Crippen molar-refractivity contribution in [1.82, 2.24) is 5.32 Å². The minimum absolute atomic E-state index is 0.0416. The van der Waals surface area contributed by atoms with Crippen LogP contribution in [0.3, 0.4) is 0 Å². The van der Waals surface area contributed by atoms with Gasteiger partial charge in [0.2, 0.25) is 5.91 Å². The highest BCUT2D eigenvalue weighted by atomic mass is 32.2. The highest BCUT2D eigenvalue weighted by Crippen LogP contribution is 2.24. The van der Waals surface area contributed by atoms with Gasteiger partial charge in [-0.25, -0.2) is 0 Å². The van der Waals surface area contributed by atoms with Crippen molar-refractivity contribution in [2.75, 3.05) is 26.1 Å². The maximum absolute atomic E-state index is 12.2. The quantitative estimate of drug-likeness (QED) is 0.616. The number of methoxy groups -OCH3 is 1. The third kappa shape index (κ3) is 5.10. The molecule has 140 valence electrons. The summed E-state index contributed by atoms with van der Waals surface area (Å²) in [5.41, 5.74) is 3.15. The molecular formula is C20H22N4O2S. The number of amidine groups is 1. The van der Waals surface area contributed by atoms with Crippen LogP contribution in [0.15, 0.2) is 58.7 Å². The Morgan fingerprint density at radius 1 is 1.15 bits per heavy atom. The van der Waals surface area contributed by atoms with E-state index in [0.29, 0.717) is 11.6 Å². The van der Waals surface area contributed by atoms with Gasteiger partial charge in [0, 0.05) is 19.8 Å². The third-order valence-corrected chi connectivity index (χ3v) is 5.19. The molecule has 1 atom stereocenters. The Balaban J connectivity index is 1.58. The second-order valence-corrected chi connectivity index (χ2v) is 7.48. The maximum Gasteiger partial charge on any atom is 0.239 e. The predicted molar refractivity (Wildman–Crippen MR) is 112 cm³/mol. The van der Waals surface area contributed by atoms with E-state index in [-0.39, 0.29) is 11.2 Å². The lowest BCUT2D eigenvalue weighted by Crippen LogP contribution is -2.25. The van der Waals surface area contributed by atoms with Crippen LogP contribution in [0, 0.1) is 0 Å². The number of nitrogens with one attached hydrogen (secondary N) is 1. The second kappa shape index (κ2) is 8.73. The Hall–Kier alpha value is -2.80. The molecule has 0 aliphatic carbocycles. The molecule has 2 aromatic carbocycles. The molecule has 1 aliphatic rings. The summed E-state index contributed by atoms with van der Waals surface area (Å²) in [6, 6.07) is 15.7. The summed E-state index contributed by atoms with van der Waals surface area (Å²) in [6.45, 7) is 0. The van der Waals surface area contributed by atoms with Crippen molar-refractivity contribution >= 4 is 34.7 Å². The van der Waals surface area contributed by atoms with Crippen LogP contribution in [-0.2, 0) is 11.2 Å². The van der Waals surface area contributed by atoms with Gasteiger partial charge in [0.15, 0.2) is 5.17 Å². The average Bonchev–Trinajstić information content (AvgIpc) is 3.02. The Morgan fingerprint density at radius 2 is 1.85 bits per heavy atom. The Morgan fingerprint density at radius 3 is 2.48 bits per heavy atom. The Bertz CT molecular complexity index is 845. The molecule has 1 fully saturated rings. The highest BCUT2D eigenvalue weighted by molar-refractivity contribution is 8.15. The van der Waals surface area contributed by atoms with Gasteiger partial charge in [-0.15, -0.1) is 5.10 Å². The molecule has 0 radical (unpaired) electrons. The number of thioether (sulfide) groups is 1. The zero-order valence-electron chi connectivity index (χ0n) is 15.5. The number of benzene rings is 2. The van der Waals surface area contributed by atoms with Crippen molar-refractivity contribution < 1.29 is 9.53 Å². The Labute approximate surface area is 163 Å².